The van der Waals surface area contributed by atoms with Gasteiger partial charge in [0.1, 0.15) is 48.3 Å². The molecule has 0 radical (unpaired) electrons. The Kier molecular flexibility index (Phi) is 33.5. The lowest BCUT2D eigenvalue weighted by atomic mass is 9.99. The van der Waals surface area contributed by atoms with Crippen LogP contribution in [0, 0.1) is 11.8 Å². The first-order valence-electron chi connectivity index (χ1n) is 25.0. The number of amides is 9. The van der Waals surface area contributed by atoms with Crippen LogP contribution in [0.15, 0.2) is 0 Å². The van der Waals surface area contributed by atoms with E-state index < -0.39 is 132 Å². The lowest BCUT2D eigenvalue weighted by molar-refractivity contribution is -0.145. The number of carbonyl (C=O) groups is 10. The van der Waals surface area contributed by atoms with E-state index in [4.69, 9.17) is 40.1 Å². The van der Waals surface area contributed by atoms with Gasteiger partial charge in [0.25, 0.3) is 0 Å². The Morgan fingerprint density at radius 1 is 0.351 bits per heavy atom. The molecule has 0 aromatic rings. The summed E-state index contributed by atoms with van der Waals surface area (Å²) in [5, 5.41) is 52.0. The molecule has 26 N–H and O–H groups in total. The summed E-state index contributed by atoms with van der Waals surface area (Å²) in [7, 11) is 0. The molecule has 74 heavy (non-hydrogen) atoms. The fourth-order valence-electron chi connectivity index (χ4n) is 7.25. The van der Waals surface area contributed by atoms with Gasteiger partial charge in [-0.1, -0.05) is 27.7 Å². The number of carbonyl (C=O) groups excluding carboxylic acids is 9. The fourth-order valence-corrected chi connectivity index (χ4v) is 7.25. The van der Waals surface area contributed by atoms with E-state index in [2.05, 4.69) is 47.9 Å². The summed E-state index contributed by atoms with van der Waals surface area (Å²) < 4.78 is 0. The molecule has 12 atom stereocenters. The van der Waals surface area contributed by atoms with Crippen LogP contribution in [0.5, 0.6) is 0 Å². The van der Waals surface area contributed by atoms with Gasteiger partial charge >= 0.3 is 5.97 Å². The average molecular weight is 1060 g/mol. The minimum absolute atomic E-state index is 0.0166. The second kappa shape index (κ2) is 36.3. The number of rotatable bonds is 38. The standard InChI is InChI=1S/C45H88N16O13/c1-22(2)20-32(42(70)53-27(8-7-14-46)37(65)56-31(13-19-51)41(69)61-35(25(6)63)45(73)74)59-43(71)33(21-23(3)4)58-40(68)29(11-17-49)55-38(66)28(10-16-48)54-39(67)30(12-18-50)57-44(72)34(24(5)62)60-36(64)26(52)9-15-47/h22-35,62-63H,7-21,46-52H2,1-6H3,(H,53,70)(H,54,67)(H,55,66)(H,56,65)(H,57,72)(H,58,68)(H,59,71)(H,60,64)(H,61,69)(H,73,74)/t24-,25-,26+,27+,28+,29+,30+,31+,32+,33-,34+,35+/m1/s1. The van der Waals surface area contributed by atoms with Crippen molar-refractivity contribution >= 4 is 59.1 Å². The molecule has 0 aromatic heterocycles. The van der Waals surface area contributed by atoms with Gasteiger partial charge in [0.15, 0.2) is 6.04 Å². The highest BCUT2D eigenvalue weighted by atomic mass is 16.4. The molecule has 0 fully saturated rings. The van der Waals surface area contributed by atoms with Crippen molar-refractivity contribution in [1.82, 2.24) is 47.9 Å². The summed E-state index contributed by atoms with van der Waals surface area (Å²) >= 11 is 0. The molecule has 0 spiro atoms. The van der Waals surface area contributed by atoms with Crippen molar-refractivity contribution in [3.63, 3.8) is 0 Å². The van der Waals surface area contributed by atoms with Gasteiger partial charge in [-0.25, -0.2) is 4.79 Å². The Balaban J connectivity index is 6.47. The van der Waals surface area contributed by atoms with Crippen LogP contribution in [0.25, 0.3) is 0 Å². The number of aliphatic carboxylic acids is 1. The minimum atomic E-state index is -1.70. The molecule has 0 aliphatic heterocycles. The molecule has 9 amide bonds. The van der Waals surface area contributed by atoms with Gasteiger partial charge in [-0.05, 0) is 123 Å². The number of carboxylic acid groups (broad SMARTS) is 1. The number of nitrogens with one attached hydrogen (secondary N) is 9. The lowest BCUT2D eigenvalue weighted by Gasteiger charge is -2.29. The Morgan fingerprint density at radius 3 is 0.905 bits per heavy atom. The Bertz CT molecular complexity index is 1810. The maximum absolute atomic E-state index is 14.1. The normalized spacial score (nSPS) is 16.2. The van der Waals surface area contributed by atoms with Gasteiger partial charge in [-0.2, -0.15) is 0 Å². The van der Waals surface area contributed by atoms with Crippen LogP contribution < -0.4 is 88.0 Å². The quantitative estimate of drug-likeness (QED) is 0.0273. The topological polar surface area (TPSA) is 522 Å². The minimum Gasteiger partial charge on any atom is -0.480 e. The van der Waals surface area contributed by atoms with E-state index in [0.29, 0.717) is 0 Å². The number of carboxylic acids is 1. The van der Waals surface area contributed by atoms with Crippen molar-refractivity contribution in [2.75, 3.05) is 39.3 Å². The summed E-state index contributed by atoms with van der Waals surface area (Å²) in [6.45, 7) is 9.17. The van der Waals surface area contributed by atoms with Gasteiger partial charge < -0.3 is 103 Å². The van der Waals surface area contributed by atoms with Gasteiger partial charge in [0, 0.05) is 0 Å². The van der Waals surface area contributed by atoms with Crippen LogP contribution in [0.2, 0.25) is 0 Å². The second-order valence-electron chi connectivity index (χ2n) is 18.9. The van der Waals surface area contributed by atoms with E-state index >= 15 is 0 Å². The molecule has 29 heteroatoms. The van der Waals surface area contributed by atoms with E-state index in [1.807, 2.05) is 0 Å². The monoisotopic (exact) mass is 1060 g/mol. The molecule has 29 nitrogen and oxygen atoms in total. The zero-order valence-corrected chi connectivity index (χ0v) is 43.7. The summed E-state index contributed by atoms with van der Waals surface area (Å²) in [5.41, 5.74) is 40.0. The van der Waals surface area contributed by atoms with Crippen LogP contribution in [-0.2, 0) is 47.9 Å². The van der Waals surface area contributed by atoms with E-state index in [1.165, 1.54) is 6.92 Å². The second-order valence-corrected chi connectivity index (χ2v) is 18.9. The lowest BCUT2D eigenvalue weighted by Crippen LogP contribution is -2.61. The van der Waals surface area contributed by atoms with Crippen molar-refractivity contribution < 1.29 is 63.3 Å². The molecule has 0 unspecified atom stereocenters. The van der Waals surface area contributed by atoms with E-state index in [-0.39, 0.29) is 109 Å². The molecule has 0 bridgehead atoms. The van der Waals surface area contributed by atoms with Crippen LogP contribution in [0.4, 0.5) is 0 Å². The predicted octanol–water partition coefficient (Wildman–Crippen LogP) is -7.90. The smallest absolute Gasteiger partial charge is 0.328 e. The third-order valence-electron chi connectivity index (χ3n) is 11.3. The summed E-state index contributed by atoms with van der Waals surface area (Å²) in [4.78, 5) is 134. The molecular weight excluding hydrogens is 973 g/mol. The number of aliphatic hydroxyl groups excluding tert-OH is 2. The van der Waals surface area contributed by atoms with Gasteiger partial charge in [0.2, 0.25) is 53.2 Å². The van der Waals surface area contributed by atoms with Gasteiger partial charge in [-0.3, -0.25) is 43.2 Å². The zero-order chi connectivity index (χ0) is 56.8. The summed E-state index contributed by atoms with van der Waals surface area (Å²) in [6.07, 6.45) is -3.12. The van der Waals surface area contributed by atoms with Crippen LogP contribution in [0.3, 0.4) is 0 Å². The first-order valence-corrected chi connectivity index (χ1v) is 25.0. The maximum atomic E-state index is 14.1. The number of nitrogens with two attached hydrogens (primary N) is 7. The Labute approximate surface area is 432 Å². The molecule has 0 aliphatic rings. The van der Waals surface area contributed by atoms with E-state index in [9.17, 15) is 63.3 Å². The average Bonchev–Trinajstić information content (AvgIpc) is 3.31. The molecule has 0 aliphatic carbocycles. The zero-order valence-electron chi connectivity index (χ0n) is 43.7. The largest absolute Gasteiger partial charge is 0.480 e. The number of hydrogen-bond acceptors (Lipinski definition) is 19. The van der Waals surface area contributed by atoms with Crippen LogP contribution in [-0.4, -0.2) is 186 Å². The molecule has 0 saturated heterocycles. The predicted molar refractivity (Wildman–Crippen MR) is 272 cm³/mol. The van der Waals surface area contributed by atoms with Crippen LogP contribution >= 0.6 is 0 Å². The van der Waals surface area contributed by atoms with Crippen molar-refractivity contribution in [2.24, 2.45) is 52.0 Å². The SMILES string of the molecule is CC(C)C[C@H](NC(=O)[C@@H](CC(C)C)NC(=O)[C@H](CCN)NC(=O)[C@H](CCN)NC(=O)[C@H](CCN)NC(=O)[C@@H](NC(=O)[C@@H](N)CCN)[C@@H](C)O)C(=O)N[C@@H](CCCN)C(=O)N[C@@H](CCN)C(=O)N[C@H](C(=O)O)[C@@H](C)O. The highest BCUT2D eigenvalue weighted by Crippen LogP contribution is 2.12. The fraction of sp³-hybridized carbons (Fsp3) is 0.778. The molecule has 0 saturated carbocycles. The Morgan fingerprint density at radius 2 is 0.622 bits per heavy atom. The van der Waals surface area contributed by atoms with Crippen LogP contribution in [0.1, 0.15) is 99.3 Å². The highest BCUT2D eigenvalue weighted by molar-refractivity contribution is 5.98. The first kappa shape index (κ1) is 68.3. The Hall–Kier alpha value is -5.66. The number of hydrogen-bond donors (Lipinski definition) is 19. The van der Waals surface area contributed by atoms with Gasteiger partial charge in [-0.15, -0.1) is 0 Å². The van der Waals surface area contributed by atoms with Crippen molar-refractivity contribution in [1.29, 1.82) is 0 Å². The third kappa shape index (κ3) is 25.5. The van der Waals surface area contributed by atoms with Crippen molar-refractivity contribution in [3.8, 4) is 0 Å². The van der Waals surface area contributed by atoms with Gasteiger partial charge in [0.05, 0.1) is 18.2 Å². The number of aliphatic hydroxyl groups is 2. The maximum Gasteiger partial charge on any atom is 0.328 e. The summed E-state index contributed by atoms with van der Waals surface area (Å²) in [6, 6.07) is -13.7. The highest BCUT2D eigenvalue weighted by Gasteiger charge is 2.36. The van der Waals surface area contributed by atoms with Crippen molar-refractivity contribution in [2.45, 2.75) is 172 Å². The molecule has 0 aromatic carbocycles. The third-order valence-corrected chi connectivity index (χ3v) is 11.3. The van der Waals surface area contributed by atoms with Crippen molar-refractivity contribution in [3.05, 3.63) is 0 Å². The molecular formula is C45H88N16O13. The van der Waals surface area contributed by atoms with E-state index in [0.717, 1.165) is 6.92 Å². The summed E-state index contributed by atoms with van der Waals surface area (Å²) in [5.74, 6) is -9.70. The molecule has 0 rings (SSSR count). The molecule has 426 valence electrons. The first-order chi connectivity index (χ1) is 34.7. The van der Waals surface area contributed by atoms with E-state index in [1.54, 1.807) is 27.7 Å². The molecule has 0 heterocycles.